The number of aryl methyl sites for hydroxylation is 3. The maximum absolute atomic E-state index is 4.32. The van der Waals surface area contributed by atoms with Crippen LogP contribution in [0, 0.1) is 20.8 Å². The minimum atomic E-state index is 0.799. The lowest BCUT2D eigenvalue weighted by atomic mass is 10.1. The Kier molecular flexibility index (Phi) is 2.50. The van der Waals surface area contributed by atoms with Crippen LogP contribution >= 0.6 is 0 Å². The van der Waals surface area contributed by atoms with Gasteiger partial charge in [0.25, 0.3) is 0 Å². The van der Waals surface area contributed by atoms with Crippen molar-refractivity contribution in [2.45, 2.75) is 20.8 Å². The van der Waals surface area contributed by atoms with Crippen LogP contribution in [0.1, 0.15) is 16.7 Å². The zero-order valence-corrected chi connectivity index (χ0v) is 9.28. The predicted octanol–water partition coefficient (Wildman–Crippen LogP) is 3.07. The van der Waals surface area contributed by atoms with Gasteiger partial charge in [-0.05, 0) is 38.5 Å². The molecule has 0 radical (unpaired) electrons. The first-order chi connectivity index (χ1) is 7.15. The van der Waals surface area contributed by atoms with Crippen LogP contribution in [0.15, 0.2) is 30.6 Å². The third-order valence-corrected chi connectivity index (χ3v) is 2.26. The Morgan fingerprint density at radius 3 is 1.80 bits per heavy atom. The molecule has 0 aliphatic rings. The highest BCUT2D eigenvalue weighted by Gasteiger charge is 2.01. The predicted molar refractivity (Wildman–Crippen MR) is 61.7 cm³/mol. The second-order valence-electron chi connectivity index (χ2n) is 3.96. The van der Waals surface area contributed by atoms with Gasteiger partial charge in [-0.25, -0.2) is 9.97 Å². The van der Waals surface area contributed by atoms with Crippen molar-refractivity contribution in [3.8, 4) is 11.4 Å². The molecule has 2 heteroatoms. The average Bonchev–Trinajstić information content (AvgIpc) is 2.17. The zero-order valence-electron chi connectivity index (χ0n) is 9.28. The summed E-state index contributed by atoms with van der Waals surface area (Å²) in [5, 5.41) is 0. The Hall–Kier alpha value is -1.70. The quantitative estimate of drug-likeness (QED) is 0.703. The number of aromatic nitrogens is 2. The molecule has 0 saturated carbocycles. The molecule has 2 aromatic rings. The van der Waals surface area contributed by atoms with Crippen LogP contribution in [0.5, 0.6) is 0 Å². The number of hydrogen-bond donors (Lipinski definition) is 0. The summed E-state index contributed by atoms with van der Waals surface area (Å²) in [6.45, 7) is 6.17. The number of hydrogen-bond acceptors (Lipinski definition) is 2. The van der Waals surface area contributed by atoms with Crippen molar-refractivity contribution in [3.63, 3.8) is 0 Å². The van der Waals surface area contributed by atoms with Crippen LogP contribution in [-0.2, 0) is 0 Å². The molecule has 0 aliphatic carbocycles. The molecule has 2 rings (SSSR count). The summed E-state index contributed by atoms with van der Waals surface area (Å²) >= 11 is 0. The van der Waals surface area contributed by atoms with E-state index in [2.05, 4.69) is 42.0 Å². The van der Waals surface area contributed by atoms with E-state index < -0.39 is 0 Å². The Morgan fingerprint density at radius 1 is 0.733 bits per heavy atom. The molecule has 0 bridgehead atoms. The molecule has 0 spiro atoms. The summed E-state index contributed by atoms with van der Waals surface area (Å²) in [5.74, 6) is 0.799. The lowest BCUT2D eigenvalue weighted by molar-refractivity contribution is 1.13. The fourth-order valence-corrected chi connectivity index (χ4v) is 1.65. The molecule has 0 fully saturated rings. The van der Waals surface area contributed by atoms with Gasteiger partial charge in [0.1, 0.15) is 0 Å². The second kappa shape index (κ2) is 3.81. The first-order valence-corrected chi connectivity index (χ1v) is 5.02. The van der Waals surface area contributed by atoms with Gasteiger partial charge >= 0.3 is 0 Å². The number of nitrogens with zero attached hydrogens (tertiary/aromatic N) is 2. The average molecular weight is 198 g/mol. The lowest BCUT2D eigenvalue weighted by Crippen LogP contribution is -1.90. The highest BCUT2D eigenvalue weighted by atomic mass is 14.9. The van der Waals surface area contributed by atoms with E-state index in [-0.39, 0.29) is 0 Å². The van der Waals surface area contributed by atoms with Gasteiger partial charge in [0, 0.05) is 18.0 Å². The fourth-order valence-electron chi connectivity index (χ4n) is 1.65. The van der Waals surface area contributed by atoms with Crippen molar-refractivity contribution in [1.82, 2.24) is 9.97 Å². The molecule has 1 heterocycles. The Morgan fingerprint density at radius 2 is 1.27 bits per heavy atom. The number of rotatable bonds is 1. The first-order valence-electron chi connectivity index (χ1n) is 5.02. The van der Waals surface area contributed by atoms with Gasteiger partial charge in [-0.3, -0.25) is 0 Å². The minimum Gasteiger partial charge on any atom is -0.236 e. The second-order valence-corrected chi connectivity index (χ2v) is 3.96. The van der Waals surface area contributed by atoms with Gasteiger partial charge in [0.2, 0.25) is 0 Å². The van der Waals surface area contributed by atoms with Crippen molar-refractivity contribution in [2.75, 3.05) is 0 Å². The van der Waals surface area contributed by atoms with Crippen molar-refractivity contribution >= 4 is 0 Å². The monoisotopic (exact) mass is 198 g/mol. The lowest BCUT2D eigenvalue weighted by Gasteiger charge is -2.03. The van der Waals surface area contributed by atoms with Gasteiger partial charge in [-0.1, -0.05) is 17.2 Å². The molecule has 0 amide bonds. The molecule has 1 aromatic heterocycles. The smallest absolute Gasteiger partial charge is 0.159 e. The maximum atomic E-state index is 4.32. The normalized spacial score (nSPS) is 10.3. The van der Waals surface area contributed by atoms with Crippen molar-refractivity contribution in [2.24, 2.45) is 0 Å². The molecule has 0 unspecified atom stereocenters. The van der Waals surface area contributed by atoms with Crippen LogP contribution in [0.2, 0.25) is 0 Å². The van der Waals surface area contributed by atoms with E-state index in [1.54, 1.807) is 0 Å². The summed E-state index contributed by atoms with van der Waals surface area (Å²) in [6, 6.07) is 6.37. The summed E-state index contributed by atoms with van der Waals surface area (Å²) in [4.78, 5) is 8.64. The van der Waals surface area contributed by atoms with Crippen molar-refractivity contribution < 1.29 is 0 Å². The Labute approximate surface area is 90.0 Å². The molecule has 76 valence electrons. The van der Waals surface area contributed by atoms with Gasteiger partial charge in [-0.15, -0.1) is 0 Å². The Balaban J connectivity index is 2.49. The van der Waals surface area contributed by atoms with Crippen LogP contribution in [0.4, 0.5) is 0 Å². The van der Waals surface area contributed by atoms with Crippen LogP contribution < -0.4 is 0 Å². The summed E-state index contributed by atoms with van der Waals surface area (Å²) < 4.78 is 0. The third-order valence-electron chi connectivity index (χ3n) is 2.26. The molecule has 0 N–H and O–H groups in total. The van der Waals surface area contributed by atoms with E-state index >= 15 is 0 Å². The van der Waals surface area contributed by atoms with E-state index in [1.165, 1.54) is 11.1 Å². The van der Waals surface area contributed by atoms with E-state index in [9.17, 15) is 0 Å². The SMILES string of the molecule is Cc1cnc(-c2cc(C)cc(C)c2)nc1. The summed E-state index contributed by atoms with van der Waals surface area (Å²) in [7, 11) is 0. The summed E-state index contributed by atoms with van der Waals surface area (Å²) in [6.07, 6.45) is 3.69. The maximum Gasteiger partial charge on any atom is 0.159 e. The van der Waals surface area contributed by atoms with Crippen LogP contribution in [0.25, 0.3) is 11.4 Å². The minimum absolute atomic E-state index is 0.799. The molecular weight excluding hydrogens is 184 g/mol. The number of benzene rings is 1. The molecule has 2 nitrogen and oxygen atoms in total. The van der Waals surface area contributed by atoms with Crippen molar-refractivity contribution in [3.05, 3.63) is 47.3 Å². The van der Waals surface area contributed by atoms with Gasteiger partial charge in [0.15, 0.2) is 5.82 Å². The van der Waals surface area contributed by atoms with E-state index in [0.29, 0.717) is 0 Å². The van der Waals surface area contributed by atoms with Gasteiger partial charge in [-0.2, -0.15) is 0 Å². The van der Waals surface area contributed by atoms with Gasteiger partial charge in [0.05, 0.1) is 0 Å². The van der Waals surface area contributed by atoms with Gasteiger partial charge < -0.3 is 0 Å². The molecule has 0 saturated heterocycles. The highest BCUT2D eigenvalue weighted by molar-refractivity contribution is 5.57. The third kappa shape index (κ3) is 2.21. The first kappa shape index (κ1) is 9.84. The van der Waals surface area contributed by atoms with Crippen LogP contribution in [0.3, 0.4) is 0 Å². The fraction of sp³-hybridized carbons (Fsp3) is 0.231. The van der Waals surface area contributed by atoms with Crippen LogP contribution in [-0.4, -0.2) is 9.97 Å². The molecule has 15 heavy (non-hydrogen) atoms. The molecular formula is C13H14N2. The Bertz CT molecular complexity index is 452. The van der Waals surface area contributed by atoms with E-state index in [1.807, 2.05) is 19.3 Å². The van der Waals surface area contributed by atoms with Crippen molar-refractivity contribution in [1.29, 1.82) is 0 Å². The highest BCUT2D eigenvalue weighted by Crippen LogP contribution is 2.18. The molecule has 1 aromatic carbocycles. The molecule has 0 aliphatic heterocycles. The van der Waals surface area contributed by atoms with E-state index in [0.717, 1.165) is 17.0 Å². The standard InChI is InChI=1S/C13H14N2/c1-9-4-10(2)6-12(5-9)13-14-7-11(3)8-15-13/h4-8H,1-3H3. The topological polar surface area (TPSA) is 25.8 Å². The van der Waals surface area contributed by atoms with E-state index in [4.69, 9.17) is 0 Å². The molecule has 0 atom stereocenters. The largest absolute Gasteiger partial charge is 0.236 e. The zero-order chi connectivity index (χ0) is 10.8. The summed E-state index contributed by atoms with van der Waals surface area (Å²) in [5.41, 5.74) is 4.67.